The van der Waals surface area contributed by atoms with Gasteiger partial charge in [-0.1, -0.05) is 30.3 Å². The Labute approximate surface area is 113 Å². The maximum atomic E-state index is 11.7. The molecular formula is C16H17NO2. The monoisotopic (exact) mass is 255 g/mol. The summed E-state index contributed by atoms with van der Waals surface area (Å²) in [6, 6.07) is 15.4. The molecule has 0 spiro atoms. The summed E-state index contributed by atoms with van der Waals surface area (Å²) in [5.74, 6) is -0.292. The molecule has 2 N–H and O–H groups in total. The minimum absolute atomic E-state index is 0.292. The van der Waals surface area contributed by atoms with Gasteiger partial charge < -0.3 is 10.5 Å². The fourth-order valence-electron chi connectivity index (χ4n) is 1.92. The summed E-state index contributed by atoms with van der Waals surface area (Å²) >= 11 is 0. The number of hydrogen-bond donors (Lipinski definition) is 1. The zero-order valence-electron chi connectivity index (χ0n) is 10.9. The van der Waals surface area contributed by atoms with E-state index in [-0.39, 0.29) is 5.97 Å². The maximum absolute atomic E-state index is 11.7. The molecule has 0 saturated carbocycles. The SMILES string of the molecule is CCOC(=O)c1cccc(-c2cccc(CN)c2)c1. The Morgan fingerprint density at radius 1 is 1.11 bits per heavy atom. The highest BCUT2D eigenvalue weighted by Gasteiger charge is 2.07. The number of carbonyl (C=O) groups excluding carboxylic acids is 1. The summed E-state index contributed by atoms with van der Waals surface area (Å²) in [6.07, 6.45) is 0. The van der Waals surface area contributed by atoms with E-state index in [2.05, 4.69) is 0 Å². The predicted octanol–water partition coefficient (Wildman–Crippen LogP) is 2.99. The summed E-state index contributed by atoms with van der Waals surface area (Å²) in [5.41, 5.74) is 9.31. The molecule has 0 amide bonds. The Balaban J connectivity index is 2.34. The van der Waals surface area contributed by atoms with Crippen molar-refractivity contribution < 1.29 is 9.53 Å². The van der Waals surface area contributed by atoms with Gasteiger partial charge in [0.25, 0.3) is 0 Å². The van der Waals surface area contributed by atoms with Crippen molar-refractivity contribution in [3.05, 3.63) is 59.7 Å². The van der Waals surface area contributed by atoms with E-state index in [4.69, 9.17) is 10.5 Å². The molecule has 0 unspecified atom stereocenters. The zero-order chi connectivity index (χ0) is 13.7. The van der Waals surface area contributed by atoms with Crippen molar-refractivity contribution in [3.8, 4) is 11.1 Å². The first-order valence-corrected chi connectivity index (χ1v) is 6.31. The molecule has 0 bridgehead atoms. The molecule has 98 valence electrons. The number of ether oxygens (including phenoxy) is 1. The van der Waals surface area contributed by atoms with Crippen LogP contribution in [-0.4, -0.2) is 12.6 Å². The summed E-state index contributed by atoms with van der Waals surface area (Å²) in [7, 11) is 0. The summed E-state index contributed by atoms with van der Waals surface area (Å²) < 4.78 is 5.00. The molecule has 0 aliphatic carbocycles. The van der Waals surface area contributed by atoms with Crippen molar-refractivity contribution in [3.63, 3.8) is 0 Å². The van der Waals surface area contributed by atoms with E-state index in [1.165, 1.54) is 0 Å². The molecule has 2 aromatic carbocycles. The third-order valence-electron chi connectivity index (χ3n) is 2.87. The lowest BCUT2D eigenvalue weighted by Gasteiger charge is -2.06. The topological polar surface area (TPSA) is 52.3 Å². The second-order valence-electron chi connectivity index (χ2n) is 4.21. The fraction of sp³-hybridized carbons (Fsp3) is 0.188. The van der Waals surface area contributed by atoms with E-state index in [1.807, 2.05) is 42.5 Å². The van der Waals surface area contributed by atoms with Crippen LogP contribution in [0.4, 0.5) is 0 Å². The van der Waals surface area contributed by atoms with Crippen LogP contribution in [0.1, 0.15) is 22.8 Å². The first-order valence-electron chi connectivity index (χ1n) is 6.31. The van der Waals surface area contributed by atoms with Crippen LogP contribution in [0.25, 0.3) is 11.1 Å². The van der Waals surface area contributed by atoms with Crippen molar-refractivity contribution in [2.24, 2.45) is 5.73 Å². The van der Waals surface area contributed by atoms with E-state index < -0.39 is 0 Å². The molecule has 2 aromatic rings. The van der Waals surface area contributed by atoms with Crippen LogP contribution < -0.4 is 5.73 Å². The highest BCUT2D eigenvalue weighted by Crippen LogP contribution is 2.21. The van der Waals surface area contributed by atoms with E-state index in [9.17, 15) is 4.79 Å². The number of nitrogens with two attached hydrogens (primary N) is 1. The zero-order valence-corrected chi connectivity index (χ0v) is 10.9. The van der Waals surface area contributed by atoms with Gasteiger partial charge in [-0.3, -0.25) is 0 Å². The maximum Gasteiger partial charge on any atom is 0.338 e. The predicted molar refractivity (Wildman–Crippen MR) is 75.7 cm³/mol. The first kappa shape index (κ1) is 13.3. The van der Waals surface area contributed by atoms with Gasteiger partial charge in [0.15, 0.2) is 0 Å². The minimum atomic E-state index is -0.292. The van der Waals surface area contributed by atoms with E-state index in [0.717, 1.165) is 16.7 Å². The van der Waals surface area contributed by atoms with E-state index >= 15 is 0 Å². The van der Waals surface area contributed by atoms with Crippen molar-refractivity contribution >= 4 is 5.97 Å². The highest BCUT2D eigenvalue weighted by molar-refractivity contribution is 5.91. The Morgan fingerprint density at radius 3 is 2.47 bits per heavy atom. The molecule has 3 heteroatoms. The van der Waals surface area contributed by atoms with Crippen molar-refractivity contribution in [2.45, 2.75) is 13.5 Å². The van der Waals surface area contributed by atoms with Crippen LogP contribution in [0.5, 0.6) is 0 Å². The van der Waals surface area contributed by atoms with Gasteiger partial charge in [-0.05, 0) is 41.8 Å². The smallest absolute Gasteiger partial charge is 0.338 e. The number of rotatable bonds is 4. The Bertz CT molecular complexity index is 578. The third kappa shape index (κ3) is 3.20. The molecule has 2 rings (SSSR count). The van der Waals surface area contributed by atoms with Crippen molar-refractivity contribution in [1.29, 1.82) is 0 Å². The normalized spacial score (nSPS) is 10.2. The summed E-state index contributed by atoms with van der Waals surface area (Å²) in [4.78, 5) is 11.7. The average Bonchev–Trinajstić information content (AvgIpc) is 2.48. The molecule has 0 radical (unpaired) electrons. The van der Waals surface area contributed by atoms with Gasteiger partial charge in [0.1, 0.15) is 0 Å². The lowest BCUT2D eigenvalue weighted by atomic mass is 10.0. The molecule has 0 heterocycles. The first-order chi connectivity index (χ1) is 9.24. The van der Waals surface area contributed by atoms with Crippen LogP contribution in [-0.2, 0) is 11.3 Å². The van der Waals surface area contributed by atoms with Crippen LogP contribution >= 0.6 is 0 Å². The number of hydrogen-bond acceptors (Lipinski definition) is 3. The standard InChI is InChI=1S/C16H17NO2/c1-2-19-16(18)15-8-4-7-14(10-15)13-6-3-5-12(9-13)11-17/h3-10H,2,11,17H2,1H3. The molecule has 0 aromatic heterocycles. The lowest BCUT2D eigenvalue weighted by Crippen LogP contribution is -2.04. The second-order valence-corrected chi connectivity index (χ2v) is 4.21. The minimum Gasteiger partial charge on any atom is -0.462 e. The van der Waals surface area contributed by atoms with Crippen molar-refractivity contribution in [2.75, 3.05) is 6.61 Å². The van der Waals surface area contributed by atoms with Gasteiger partial charge >= 0.3 is 5.97 Å². The third-order valence-corrected chi connectivity index (χ3v) is 2.87. The fourth-order valence-corrected chi connectivity index (χ4v) is 1.92. The Hall–Kier alpha value is -2.13. The van der Waals surface area contributed by atoms with Gasteiger partial charge in [-0.15, -0.1) is 0 Å². The molecular weight excluding hydrogens is 238 g/mol. The molecule has 0 saturated heterocycles. The van der Waals surface area contributed by atoms with Gasteiger partial charge in [0.2, 0.25) is 0 Å². The molecule has 0 aliphatic rings. The second kappa shape index (κ2) is 6.16. The Kier molecular flexibility index (Phi) is 4.31. The van der Waals surface area contributed by atoms with Gasteiger partial charge in [0.05, 0.1) is 12.2 Å². The Morgan fingerprint density at radius 2 is 1.79 bits per heavy atom. The number of carbonyl (C=O) groups is 1. The van der Waals surface area contributed by atoms with Crippen LogP contribution in [0, 0.1) is 0 Å². The average molecular weight is 255 g/mol. The van der Waals surface area contributed by atoms with Crippen LogP contribution in [0.2, 0.25) is 0 Å². The number of esters is 1. The molecule has 0 fully saturated rings. The molecule has 0 aliphatic heterocycles. The van der Waals surface area contributed by atoms with E-state index in [0.29, 0.717) is 18.7 Å². The number of benzene rings is 2. The van der Waals surface area contributed by atoms with Gasteiger partial charge in [0, 0.05) is 6.54 Å². The van der Waals surface area contributed by atoms with Gasteiger partial charge in [-0.25, -0.2) is 4.79 Å². The molecule has 3 nitrogen and oxygen atoms in total. The summed E-state index contributed by atoms with van der Waals surface area (Å²) in [6.45, 7) is 2.68. The largest absolute Gasteiger partial charge is 0.462 e. The van der Waals surface area contributed by atoms with Crippen LogP contribution in [0.15, 0.2) is 48.5 Å². The van der Waals surface area contributed by atoms with Crippen LogP contribution in [0.3, 0.4) is 0 Å². The van der Waals surface area contributed by atoms with Crippen molar-refractivity contribution in [1.82, 2.24) is 0 Å². The lowest BCUT2D eigenvalue weighted by molar-refractivity contribution is 0.0526. The van der Waals surface area contributed by atoms with E-state index in [1.54, 1.807) is 13.0 Å². The summed E-state index contributed by atoms with van der Waals surface area (Å²) in [5, 5.41) is 0. The quantitative estimate of drug-likeness (QED) is 0.854. The molecule has 0 atom stereocenters. The molecule has 19 heavy (non-hydrogen) atoms. The van der Waals surface area contributed by atoms with Gasteiger partial charge in [-0.2, -0.15) is 0 Å². The highest BCUT2D eigenvalue weighted by atomic mass is 16.5.